The molecule has 0 aromatic carbocycles. The molecule has 0 saturated heterocycles. The summed E-state index contributed by atoms with van der Waals surface area (Å²) >= 11 is 1.85. The second-order valence-electron chi connectivity index (χ2n) is 4.78. The average molecular weight is 403 g/mol. The zero-order chi connectivity index (χ0) is 13.9. The number of rotatable bonds is 9. The van der Waals surface area contributed by atoms with Gasteiger partial charge in [-0.15, -0.1) is 24.0 Å². The van der Waals surface area contributed by atoms with E-state index in [1.54, 1.807) is 7.05 Å². The van der Waals surface area contributed by atoms with Crippen LogP contribution in [0.3, 0.4) is 0 Å². The Balaban J connectivity index is 0. The van der Waals surface area contributed by atoms with E-state index in [0.29, 0.717) is 0 Å². The van der Waals surface area contributed by atoms with Gasteiger partial charge < -0.3 is 15.4 Å². The van der Waals surface area contributed by atoms with Crippen LogP contribution in [0.25, 0.3) is 0 Å². The molecule has 6 heteroatoms. The van der Waals surface area contributed by atoms with Gasteiger partial charge in [-0.25, -0.2) is 0 Å². The number of hydrogen-bond acceptors (Lipinski definition) is 3. The Labute approximate surface area is 139 Å². The molecule has 4 nitrogen and oxygen atoms in total. The first-order chi connectivity index (χ1) is 8.55. The third-order valence-corrected chi connectivity index (χ3v) is 3.89. The van der Waals surface area contributed by atoms with Crippen molar-refractivity contribution < 1.29 is 4.74 Å². The fraction of sp³-hybridized carbons (Fsp3) is 0.923. The van der Waals surface area contributed by atoms with Crippen molar-refractivity contribution in [1.29, 1.82) is 0 Å². The van der Waals surface area contributed by atoms with Gasteiger partial charge in [-0.1, -0.05) is 13.3 Å². The fourth-order valence-corrected chi connectivity index (χ4v) is 1.40. The molecule has 2 N–H and O–H groups in total. The smallest absolute Gasteiger partial charge is 0.191 e. The number of unbranched alkanes of at least 4 members (excludes halogenated alkanes) is 1. The van der Waals surface area contributed by atoms with Gasteiger partial charge in [0, 0.05) is 31.5 Å². The normalized spacial score (nSPS) is 11.9. The largest absolute Gasteiger partial charge is 0.380 e. The molecule has 0 heterocycles. The maximum absolute atomic E-state index is 5.49. The third-order valence-electron chi connectivity index (χ3n) is 2.64. The number of guanidine groups is 1. The maximum Gasteiger partial charge on any atom is 0.191 e. The molecule has 0 fully saturated rings. The highest BCUT2D eigenvalue weighted by Gasteiger charge is 2.15. The number of nitrogens with zero attached hydrogens (tertiary/aromatic N) is 1. The molecule has 0 aliphatic heterocycles. The van der Waals surface area contributed by atoms with E-state index in [2.05, 4.69) is 42.7 Å². The van der Waals surface area contributed by atoms with Crippen molar-refractivity contribution in [2.45, 2.75) is 38.4 Å². The van der Waals surface area contributed by atoms with Crippen LogP contribution < -0.4 is 10.6 Å². The van der Waals surface area contributed by atoms with Crippen LogP contribution in [-0.2, 0) is 4.74 Å². The Bertz CT molecular complexity index is 238. The molecular weight excluding hydrogens is 373 g/mol. The summed E-state index contributed by atoms with van der Waals surface area (Å²) in [7, 11) is 1.79. The minimum atomic E-state index is 0. The Kier molecular flexibility index (Phi) is 15.1. The second-order valence-corrected chi connectivity index (χ2v) is 6.30. The first-order valence-electron chi connectivity index (χ1n) is 6.63. The van der Waals surface area contributed by atoms with Gasteiger partial charge in [0.2, 0.25) is 0 Å². The molecule has 0 aliphatic carbocycles. The lowest BCUT2D eigenvalue weighted by Gasteiger charge is -2.23. The van der Waals surface area contributed by atoms with Gasteiger partial charge in [-0.2, -0.15) is 11.8 Å². The fourth-order valence-electron chi connectivity index (χ4n) is 1.18. The minimum Gasteiger partial charge on any atom is -0.380 e. The number of halogens is 1. The number of thioether (sulfide) groups is 1. The first-order valence-corrected chi connectivity index (χ1v) is 7.85. The van der Waals surface area contributed by atoms with Crippen LogP contribution in [0.2, 0.25) is 0 Å². The van der Waals surface area contributed by atoms with Crippen molar-refractivity contribution in [1.82, 2.24) is 10.6 Å². The molecule has 0 atom stereocenters. The van der Waals surface area contributed by atoms with Crippen LogP contribution >= 0.6 is 35.7 Å². The van der Waals surface area contributed by atoms with E-state index in [0.717, 1.165) is 38.7 Å². The Morgan fingerprint density at radius 1 is 1.26 bits per heavy atom. The number of nitrogens with one attached hydrogen (secondary N) is 2. The molecule has 19 heavy (non-hydrogen) atoms. The lowest BCUT2D eigenvalue weighted by atomic mass is 10.2. The molecule has 0 spiro atoms. The Hall–Kier alpha value is 0.310. The van der Waals surface area contributed by atoms with E-state index >= 15 is 0 Å². The highest BCUT2D eigenvalue weighted by atomic mass is 127. The third kappa shape index (κ3) is 13.1. The summed E-state index contributed by atoms with van der Waals surface area (Å²) in [4.78, 5) is 4.19. The van der Waals surface area contributed by atoms with E-state index < -0.39 is 0 Å². The summed E-state index contributed by atoms with van der Waals surface area (Å²) in [6.07, 6.45) is 4.44. The monoisotopic (exact) mass is 403 g/mol. The van der Waals surface area contributed by atoms with Crippen LogP contribution in [0.5, 0.6) is 0 Å². The average Bonchev–Trinajstić information content (AvgIpc) is 2.37. The predicted octanol–water partition coefficient (Wildman–Crippen LogP) is 2.73. The molecule has 0 bridgehead atoms. The summed E-state index contributed by atoms with van der Waals surface area (Å²) in [5.41, 5.74) is 0. The van der Waals surface area contributed by atoms with Crippen LogP contribution in [-0.4, -0.2) is 50.3 Å². The summed E-state index contributed by atoms with van der Waals surface area (Å²) in [6, 6.07) is 0. The van der Waals surface area contributed by atoms with Gasteiger partial charge in [0.25, 0.3) is 0 Å². The summed E-state index contributed by atoms with van der Waals surface area (Å²) in [5.74, 6) is 0.844. The molecule has 0 rings (SSSR count). The Morgan fingerprint density at radius 3 is 2.47 bits per heavy atom. The molecule has 0 aliphatic rings. The summed E-state index contributed by atoms with van der Waals surface area (Å²) in [5, 5.41) is 6.57. The molecule has 0 aromatic heterocycles. The summed E-state index contributed by atoms with van der Waals surface area (Å²) in [6.45, 7) is 9.86. The van der Waals surface area contributed by atoms with E-state index in [-0.39, 0.29) is 28.7 Å². The Morgan fingerprint density at radius 2 is 1.95 bits per heavy atom. The van der Waals surface area contributed by atoms with Gasteiger partial charge >= 0.3 is 0 Å². The molecule has 116 valence electrons. The highest BCUT2D eigenvalue weighted by molar-refractivity contribution is 14.0. The van der Waals surface area contributed by atoms with E-state index in [1.165, 1.54) is 6.42 Å². The van der Waals surface area contributed by atoms with Gasteiger partial charge in [0.05, 0.1) is 6.61 Å². The lowest BCUT2D eigenvalue weighted by Crippen LogP contribution is -2.44. The molecule has 0 amide bonds. The molecule has 0 saturated carbocycles. The number of ether oxygens (including phenoxy) is 1. The molecule has 0 radical (unpaired) electrons. The van der Waals surface area contributed by atoms with E-state index in [4.69, 9.17) is 4.74 Å². The van der Waals surface area contributed by atoms with Crippen LogP contribution in [0, 0.1) is 0 Å². The second kappa shape index (κ2) is 13.3. The molecular formula is C13H30IN3OS. The van der Waals surface area contributed by atoms with Crippen molar-refractivity contribution in [3.8, 4) is 0 Å². The molecule has 0 unspecified atom stereocenters. The zero-order valence-electron chi connectivity index (χ0n) is 12.9. The maximum atomic E-state index is 5.49. The predicted molar refractivity (Wildman–Crippen MR) is 98.1 cm³/mol. The van der Waals surface area contributed by atoms with Gasteiger partial charge in [-0.05, 0) is 26.5 Å². The summed E-state index contributed by atoms with van der Waals surface area (Å²) < 4.78 is 5.70. The van der Waals surface area contributed by atoms with Crippen LogP contribution in [0.15, 0.2) is 4.99 Å². The van der Waals surface area contributed by atoms with Crippen molar-refractivity contribution in [3.05, 3.63) is 0 Å². The first kappa shape index (κ1) is 21.6. The van der Waals surface area contributed by atoms with Gasteiger partial charge in [0.1, 0.15) is 0 Å². The quantitative estimate of drug-likeness (QED) is 0.269. The molecule has 0 aromatic rings. The van der Waals surface area contributed by atoms with Crippen molar-refractivity contribution in [3.63, 3.8) is 0 Å². The van der Waals surface area contributed by atoms with Gasteiger partial charge in [-0.3, -0.25) is 4.99 Å². The standard InChI is InChI=1S/C13H29N3OS.HI/c1-6-7-9-17-10-8-15-12(14-4)16-11-13(2,3)18-5;/h6-11H2,1-5H3,(H2,14,15,16);1H. The minimum absolute atomic E-state index is 0. The lowest BCUT2D eigenvalue weighted by molar-refractivity contribution is 0.136. The van der Waals surface area contributed by atoms with Crippen molar-refractivity contribution in [2.75, 3.05) is 39.6 Å². The van der Waals surface area contributed by atoms with E-state index in [9.17, 15) is 0 Å². The highest BCUT2D eigenvalue weighted by Crippen LogP contribution is 2.19. The van der Waals surface area contributed by atoms with E-state index in [1.807, 2.05) is 11.8 Å². The van der Waals surface area contributed by atoms with Crippen molar-refractivity contribution in [2.24, 2.45) is 4.99 Å². The van der Waals surface area contributed by atoms with Crippen molar-refractivity contribution >= 4 is 41.7 Å². The zero-order valence-corrected chi connectivity index (χ0v) is 16.1. The van der Waals surface area contributed by atoms with Crippen LogP contribution in [0.1, 0.15) is 33.6 Å². The number of aliphatic imine (C=N–C) groups is 1. The van der Waals surface area contributed by atoms with Gasteiger partial charge in [0.15, 0.2) is 5.96 Å². The van der Waals surface area contributed by atoms with Crippen LogP contribution in [0.4, 0.5) is 0 Å². The SMILES string of the molecule is CCCCOCCNC(=NC)NCC(C)(C)SC.I. The number of hydrogen-bond donors (Lipinski definition) is 2. The topological polar surface area (TPSA) is 45.6 Å².